The largest absolute Gasteiger partial charge is 0.481 e. The molecule has 1 N–H and O–H groups in total. The van der Waals surface area contributed by atoms with Crippen molar-refractivity contribution in [3.63, 3.8) is 0 Å². The fourth-order valence-corrected chi connectivity index (χ4v) is 4.42. The molecule has 0 radical (unpaired) electrons. The van der Waals surface area contributed by atoms with E-state index in [0.717, 1.165) is 0 Å². The fourth-order valence-electron chi connectivity index (χ4n) is 2.53. The summed E-state index contributed by atoms with van der Waals surface area (Å²) in [5, 5.41) is 14.4. The van der Waals surface area contributed by atoms with Gasteiger partial charge < -0.3 is 5.11 Å². The van der Waals surface area contributed by atoms with E-state index in [-0.39, 0.29) is 12.3 Å². The molecule has 2 unspecified atom stereocenters. The molecular weight excluding hydrogens is 395 g/mol. The molecule has 5 nitrogen and oxygen atoms in total. The predicted octanol–water partition coefficient (Wildman–Crippen LogP) is 4.44. The number of amides is 1. The van der Waals surface area contributed by atoms with E-state index < -0.39 is 16.6 Å². The summed E-state index contributed by atoms with van der Waals surface area (Å²) in [6, 6.07) is 14.2. The van der Waals surface area contributed by atoms with Crippen LogP contribution in [0.25, 0.3) is 0 Å². The summed E-state index contributed by atoms with van der Waals surface area (Å²) in [5.41, 5.74) is 1.36. The van der Waals surface area contributed by atoms with Crippen LogP contribution in [0.1, 0.15) is 22.9 Å². The van der Waals surface area contributed by atoms with Crippen molar-refractivity contribution < 1.29 is 14.7 Å². The number of rotatable bonds is 5. The highest BCUT2D eigenvalue weighted by atomic mass is 35.5. The zero-order valence-corrected chi connectivity index (χ0v) is 15.7. The number of aliphatic carboxylic acids is 1. The Morgan fingerprint density at radius 1 is 1.15 bits per heavy atom. The first-order chi connectivity index (χ1) is 12.5. The number of nitrogens with zero attached hydrogens (tertiary/aromatic N) is 2. The van der Waals surface area contributed by atoms with Crippen LogP contribution in [0.2, 0.25) is 10.0 Å². The lowest BCUT2D eigenvalue weighted by atomic mass is 10.2. The lowest BCUT2D eigenvalue weighted by Gasteiger charge is -2.19. The summed E-state index contributed by atoms with van der Waals surface area (Å²) in [6.45, 7) is 0. The van der Waals surface area contributed by atoms with Crippen LogP contribution in [0.4, 0.5) is 0 Å². The standard InChI is InChI=1S/C18H14Cl2N2O3S/c19-13-7-3-1-5-11(13)10-21-22-17(25)15(9-16(23)24)26-18(22)12-6-2-4-8-14(12)20/h1-8,10,15,18H,9H2,(H,23,24). The van der Waals surface area contributed by atoms with Gasteiger partial charge in [-0.1, -0.05) is 59.6 Å². The van der Waals surface area contributed by atoms with Crippen LogP contribution in [0, 0.1) is 0 Å². The monoisotopic (exact) mass is 408 g/mol. The normalized spacial score (nSPS) is 20.1. The van der Waals surface area contributed by atoms with Gasteiger partial charge in [0.25, 0.3) is 5.91 Å². The van der Waals surface area contributed by atoms with Crippen molar-refractivity contribution >= 4 is 53.1 Å². The molecule has 1 aliphatic rings. The number of carbonyl (C=O) groups is 2. The van der Waals surface area contributed by atoms with Crippen molar-refractivity contribution in [2.24, 2.45) is 5.10 Å². The van der Waals surface area contributed by atoms with Gasteiger partial charge in [-0.2, -0.15) is 5.10 Å². The maximum Gasteiger partial charge on any atom is 0.305 e. The minimum atomic E-state index is -1.04. The van der Waals surface area contributed by atoms with E-state index in [4.69, 9.17) is 28.3 Å². The molecule has 26 heavy (non-hydrogen) atoms. The summed E-state index contributed by atoms with van der Waals surface area (Å²) in [4.78, 5) is 23.8. The molecule has 2 atom stereocenters. The van der Waals surface area contributed by atoms with Gasteiger partial charge in [0.05, 0.1) is 17.9 Å². The quantitative estimate of drug-likeness (QED) is 0.742. The number of carboxylic acids is 1. The molecule has 1 heterocycles. The van der Waals surface area contributed by atoms with Crippen molar-refractivity contribution in [2.45, 2.75) is 17.0 Å². The molecule has 1 amide bonds. The Bertz CT molecular complexity index is 875. The SMILES string of the molecule is O=C(O)CC1SC(c2ccccc2Cl)N(N=Cc2ccccc2Cl)C1=O. The Morgan fingerprint density at radius 3 is 2.46 bits per heavy atom. The van der Waals surface area contributed by atoms with E-state index in [2.05, 4.69) is 5.10 Å². The average molecular weight is 409 g/mol. The summed E-state index contributed by atoms with van der Waals surface area (Å²) in [5.74, 6) is -1.41. The van der Waals surface area contributed by atoms with E-state index in [1.807, 2.05) is 12.1 Å². The highest BCUT2D eigenvalue weighted by molar-refractivity contribution is 8.01. The van der Waals surface area contributed by atoms with Gasteiger partial charge in [-0.3, -0.25) is 9.59 Å². The lowest BCUT2D eigenvalue weighted by Crippen LogP contribution is -2.28. The highest BCUT2D eigenvalue weighted by Gasteiger charge is 2.43. The third-order valence-electron chi connectivity index (χ3n) is 3.77. The number of hydrogen-bond donors (Lipinski definition) is 1. The summed E-state index contributed by atoms with van der Waals surface area (Å²) in [7, 11) is 0. The molecule has 0 spiro atoms. The van der Waals surface area contributed by atoms with E-state index in [0.29, 0.717) is 21.2 Å². The average Bonchev–Trinajstić information content (AvgIpc) is 2.90. The molecule has 3 rings (SSSR count). The molecule has 1 saturated heterocycles. The first-order valence-electron chi connectivity index (χ1n) is 7.70. The topological polar surface area (TPSA) is 70.0 Å². The molecule has 8 heteroatoms. The second kappa shape index (κ2) is 8.12. The van der Waals surface area contributed by atoms with E-state index >= 15 is 0 Å². The number of carbonyl (C=O) groups excluding carboxylic acids is 1. The Balaban J connectivity index is 1.95. The first kappa shape index (κ1) is 18.8. The number of carboxylic acid groups (broad SMARTS) is 1. The maximum atomic E-state index is 12.7. The van der Waals surface area contributed by atoms with Gasteiger partial charge >= 0.3 is 5.97 Å². The van der Waals surface area contributed by atoms with Crippen molar-refractivity contribution in [1.82, 2.24) is 5.01 Å². The summed E-state index contributed by atoms with van der Waals surface area (Å²) in [6.07, 6.45) is 1.22. The van der Waals surface area contributed by atoms with Crippen molar-refractivity contribution in [3.05, 3.63) is 69.7 Å². The molecule has 134 valence electrons. The molecule has 0 saturated carbocycles. The Kier molecular flexibility index (Phi) is 5.86. The van der Waals surface area contributed by atoms with Gasteiger partial charge in [-0.25, -0.2) is 5.01 Å². The molecule has 1 aliphatic heterocycles. The van der Waals surface area contributed by atoms with E-state index in [9.17, 15) is 9.59 Å². The third kappa shape index (κ3) is 4.03. The molecule has 0 aliphatic carbocycles. The van der Waals surface area contributed by atoms with Crippen LogP contribution < -0.4 is 0 Å². The molecular formula is C18H14Cl2N2O3S. The van der Waals surface area contributed by atoms with Crippen LogP contribution in [0.3, 0.4) is 0 Å². The summed E-state index contributed by atoms with van der Waals surface area (Å²) < 4.78 is 0. The van der Waals surface area contributed by atoms with E-state index in [1.165, 1.54) is 23.0 Å². The number of hydrogen-bond acceptors (Lipinski definition) is 4. The van der Waals surface area contributed by atoms with E-state index in [1.54, 1.807) is 36.4 Å². The number of hydrazone groups is 1. The number of thioether (sulfide) groups is 1. The maximum absolute atomic E-state index is 12.7. The molecule has 0 aromatic heterocycles. The van der Waals surface area contributed by atoms with Gasteiger partial charge in [-0.15, -0.1) is 11.8 Å². The van der Waals surface area contributed by atoms with Crippen LogP contribution >= 0.6 is 35.0 Å². The molecule has 1 fully saturated rings. The Labute approximate surface area is 164 Å². The number of halogens is 2. The van der Waals surface area contributed by atoms with Crippen molar-refractivity contribution in [3.8, 4) is 0 Å². The first-order valence-corrected chi connectivity index (χ1v) is 9.40. The zero-order chi connectivity index (χ0) is 18.7. The van der Waals surface area contributed by atoms with Gasteiger partial charge in [0.2, 0.25) is 0 Å². The minimum absolute atomic E-state index is 0.275. The van der Waals surface area contributed by atoms with Gasteiger partial charge in [0.1, 0.15) is 5.37 Å². The van der Waals surface area contributed by atoms with Crippen LogP contribution in [-0.2, 0) is 9.59 Å². The summed E-state index contributed by atoms with van der Waals surface area (Å²) >= 11 is 13.6. The van der Waals surface area contributed by atoms with Crippen LogP contribution in [0.15, 0.2) is 53.6 Å². The third-order valence-corrected chi connectivity index (χ3v) is 5.87. The second-order valence-corrected chi connectivity index (χ2v) is 7.65. The van der Waals surface area contributed by atoms with Crippen molar-refractivity contribution in [1.29, 1.82) is 0 Å². The predicted molar refractivity (Wildman–Crippen MR) is 104 cm³/mol. The van der Waals surface area contributed by atoms with Crippen LogP contribution in [-0.4, -0.2) is 33.5 Å². The van der Waals surface area contributed by atoms with Crippen LogP contribution in [0.5, 0.6) is 0 Å². The van der Waals surface area contributed by atoms with Gasteiger partial charge in [0, 0.05) is 21.2 Å². The van der Waals surface area contributed by atoms with Gasteiger partial charge in [0.15, 0.2) is 0 Å². The lowest BCUT2D eigenvalue weighted by molar-refractivity contribution is -0.140. The Hall–Kier alpha value is -2.02. The minimum Gasteiger partial charge on any atom is -0.481 e. The fraction of sp³-hybridized carbons (Fsp3) is 0.167. The van der Waals surface area contributed by atoms with Crippen molar-refractivity contribution in [2.75, 3.05) is 0 Å². The smallest absolute Gasteiger partial charge is 0.305 e. The Morgan fingerprint density at radius 2 is 1.81 bits per heavy atom. The highest BCUT2D eigenvalue weighted by Crippen LogP contribution is 2.46. The molecule has 2 aromatic rings. The van der Waals surface area contributed by atoms with Gasteiger partial charge in [-0.05, 0) is 12.1 Å². The molecule has 0 bridgehead atoms. The number of benzene rings is 2. The zero-order valence-electron chi connectivity index (χ0n) is 13.4. The molecule has 2 aromatic carbocycles. The second-order valence-electron chi connectivity index (χ2n) is 5.55.